The molecule has 4 aromatic rings. The van der Waals surface area contributed by atoms with Gasteiger partial charge in [0.2, 0.25) is 0 Å². The first-order valence-corrected chi connectivity index (χ1v) is 13.5. The van der Waals surface area contributed by atoms with Gasteiger partial charge in [-0.15, -0.1) is 0 Å². The molecule has 0 aliphatic rings. The highest BCUT2D eigenvalue weighted by molar-refractivity contribution is 5.65. The normalized spacial score (nSPS) is 10.9. The molecule has 0 N–H and O–H groups in total. The minimum Gasteiger partial charge on any atom is -0.349 e. The van der Waals surface area contributed by atoms with Crippen LogP contribution in [0.3, 0.4) is 0 Å². The van der Waals surface area contributed by atoms with E-state index in [2.05, 4.69) is 75.6 Å². The third-order valence-electron chi connectivity index (χ3n) is 7.29. The minimum absolute atomic E-state index is 0.0636. The molecule has 0 spiro atoms. The van der Waals surface area contributed by atoms with Crippen LogP contribution in [-0.2, 0) is 13.1 Å². The zero-order valence-corrected chi connectivity index (χ0v) is 24.5. The van der Waals surface area contributed by atoms with E-state index in [1.807, 2.05) is 24.3 Å². The predicted octanol–water partition coefficient (Wildman–Crippen LogP) is 8.02. The van der Waals surface area contributed by atoms with E-state index in [1.165, 1.54) is 11.1 Å². The Morgan fingerprint density at radius 3 is 1.10 bits per heavy atom. The Labute approximate surface area is 241 Å². The van der Waals surface area contributed by atoms with Crippen molar-refractivity contribution >= 4 is 22.7 Å². The first-order chi connectivity index (χ1) is 19.4. The van der Waals surface area contributed by atoms with Crippen LogP contribution in [0.2, 0.25) is 0 Å². The van der Waals surface area contributed by atoms with Gasteiger partial charge in [-0.3, -0.25) is 20.2 Å². The zero-order chi connectivity index (χ0) is 29.8. The van der Waals surface area contributed by atoms with Gasteiger partial charge < -0.3 is 9.80 Å². The lowest BCUT2D eigenvalue weighted by Gasteiger charge is -2.37. The lowest BCUT2D eigenvalue weighted by molar-refractivity contribution is -0.385. The van der Waals surface area contributed by atoms with Gasteiger partial charge >= 0.3 is 0 Å². The Hall–Kier alpha value is -4.72. The lowest BCUT2D eigenvalue weighted by atomic mass is 10.0. The van der Waals surface area contributed by atoms with E-state index in [4.69, 9.17) is 0 Å². The van der Waals surface area contributed by atoms with Crippen molar-refractivity contribution in [3.8, 4) is 0 Å². The van der Waals surface area contributed by atoms with Crippen LogP contribution in [0.15, 0.2) is 72.8 Å². The summed E-state index contributed by atoms with van der Waals surface area (Å²) in [5.74, 6) is 0. The first kappa shape index (κ1) is 29.3. The van der Waals surface area contributed by atoms with Gasteiger partial charge in [-0.2, -0.15) is 0 Å². The summed E-state index contributed by atoms with van der Waals surface area (Å²) < 4.78 is 0. The molecule has 4 aromatic carbocycles. The van der Waals surface area contributed by atoms with Gasteiger partial charge in [-0.25, -0.2) is 0 Å². The molecule has 8 heteroatoms. The number of anilines is 2. The van der Waals surface area contributed by atoms with Crippen LogP contribution in [0.5, 0.6) is 0 Å². The van der Waals surface area contributed by atoms with Crippen LogP contribution in [0.1, 0.15) is 44.5 Å². The van der Waals surface area contributed by atoms with Gasteiger partial charge in [-0.1, -0.05) is 59.7 Å². The lowest BCUT2D eigenvalue weighted by Crippen LogP contribution is -2.39. The highest BCUT2D eigenvalue weighted by Gasteiger charge is 2.21. The maximum atomic E-state index is 11.3. The molecule has 0 atom stereocenters. The molecule has 0 unspecified atom stereocenters. The second kappa shape index (κ2) is 12.2. The number of hydrogen-bond donors (Lipinski definition) is 0. The smallest absolute Gasteiger partial charge is 0.269 e. The number of aryl methyl sites for hydroxylation is 6. The molecular formula is C33H36N4O4. The Kier molecular flexibility index (Phi) is 8.71. The minimum atomic E-state index is -0.384. The summed E-state index contributed by atoms with van der Waals surface area (Å²) in [6.07, 6.45) is 0. The topological polar surface area (TPSA) is 92.8 Å². The average Bonchev–Trinajstić information content (AvgIpc) is 2.88. The third kappa shape index (κ3) is 6.90. The molecular weight excluding hydrogens is 516 g/mol. The fourth-order valence-electron chi connectivity index (χ4n) is 5.83. The Morgan fingerprint density at radius 2 is 0.829 bits per heavy atom. The Morgan fingerprint density at radius 1 is 0.537 bits per heavy atom. The second-order valence-electron chi connectivity index (χ2n) is 10.9. The molecule has 212 valence electrons. The van der Waals surface area contributed by atoms with E-state index in [9.17, 15) is 20.2 Å². The first-order valence-electron chi connectivity index (χ1n) is 13.5. The summed E-state index contributed by atoms with van der Waals surface area (Å²) in [6, 6.07) is 22.1. The van der Waals surface area contributed by atoms with E-state index >= 15 is 0 Å². The fraction of sp³-hybridized carbons (Fsp3) is 0.273. The number of hydrogen-bond acceptors (Lipinski definition) is 6. The number of nitrogens with zero attached hydrogens (tertiary/aromatic N) is 4. The monoisotopic (exact) mass is 552 g/mol. The maximum Gasteiger partial charge on any atom is 0.269 e. The molecule has 0 fully saturated rings. The molecule has 0 bridgehead atoms. The van der Waals surface area contributed by atoms with Crippen molar-refractivity contribution in [3.63, 3.8) is 0 Å². The summed E-state index contributed by atoms with van der Waals surface area (Å²) in [6.45, 7) is 14.2. The molecule has 4 rings (SSSR count). The summed E-state index contributed by atoms with van der Waals surface area (Å²) in [4.78, 5) is 26.4. The summed E-state index contributed by atoms with van der Waals surface area (Å²) in [5, 5.41) is 22.5. The number of rotatable bonds is 10. The number of non-ortho nitro benzene ring substituents is 2. The van der Waals surface area contributed by atoms with E-state index < -0.39 is 0 Å². The van der Waals surface area contributed by atoms with Crippen molar-refractivity contribution in [2.24, 2.45) is 0 Å². The SMILES string of the molecule is Cc1cc(C)c(N(Cc2ccc([N+](=O)[O-])cc2)CN(Cc2ccc([N+](=O)[O-])cc2)c2c(C)cc(C)cc2C)c(C)c1. The Balaban J connectivity index is 1.81. The van der Waals surface area contributed by atoms with E-state index in [0.717, 1.165) is 44.8 Å². The summed E-state index contributed by atoms with van der Waals surface area (Å²) >= 11 is 0. The van der Waals surface area contributed by atoms with Crippen LogP contribution in [0.25, 0.3) is 0 Å². The molecule has 0 aliphatic carbocycles. The van der Waals surface area contributed by atoms with Crippen molar-refractivity contribution in [2.45, 2.75) is 54.6 Å². The van der Waals surface area contributed by atoms with Crippen molar-refractivity contribution in [2.75, 3.05) is 16.5 Å². The molecule has 0 amide bonds. The van der Waals surface area contributed by atoms with E-state index in [-0.39, 0.29) is 21.2 Å². The van der Waals surface area contributed by atoms with Crippen molar-refractivity contribution < 1.29 is 9.85 Å². The van der Waals surface area contributed by atoms with Crippen molar-refractivity contribution in [1.82, 2.24) is 0 Å². The Bertz CT molecular complexity index is 1420. The van der Waals surface area contributed by atoms with Gasteiger partial charge in [0.25, 0.3) is 11.4 Å². The van der Waals surface area contributed by atoms with Gasteiger partial charge in [-0.05, 0) is 74.9 Å². The molecule has 0 aliphatic heterocycles. The standard InChI is InChI=1S/C33H36N4O4/c1-22-15-24(3)32(25(4)16-22)34(19-28-7-11-30(12-8-28)36(38)39)21-35(33-26(5)17-23(2)18-27(33)6)20-29-9-13-31(14-10-29)37(40)41/h7-18H,19-21H2,1-6H3. The molecule has 8 nitrogen and oxygen atoms in total. The molecule has 0 saturated heterocycles. The zero-order valence-electron chi connectivity index (χ0n) is 24.5. The predicted molar refractivity (Wildman–Crippen MR) is 165 cm³/mol. The molecule has 0 radical (unpaired) electrons. The average molecular weight is 553 g/mol. The van der Waals surface area contributed by atoms with Gasteiger partial charge in [0, 0.05) is 48.7 Å². The number of benzene rings is 4. The molecule has 41 heavy (non-hydrogen) atoms. The van der Waals surface area contributed by atoms with Crippen LogP contribution in [-0.4, -0.2) is 16.5 Å². The maximum absolute atomic E-state index is 11.3. The van der Waals surface area contributed by atoms with Crippen LogP contribution in [0, 0.1) is 61.8 Å². The summed E-state index contributed by atoms with van der Waals surface area (Å²) in [5.41, 5.74) is 11.3. The van der Waals surface area contributed by atoms with Crippen LogP contribution >= 0.6 is 0 Å². The van der Waals surface area contributed by atoms with Crippen LogP contribution in [0.4, 0.5) is 22.7 Å². The quantitative estimate of drug-likeness (QED) is 0.112. The fourth-order valence-corrected chi connectivity index (χ4v) is 5.83. The number of nitro groups is 2. The van der Waals surface area contributed by atoms with E-state index in [1.54, 1.807) is 24.3 Å². The van der Waals surface area contributed by atoms with Gasteiger partial charge in [0.05, 0.1) is 16.5 Å². The second-order valence-corrected chi connectivity index (χ2v) is 10.9. The summed E-state index contributed by atoms with van der Waals surface area (Å²) in [7, 11) is 0. The van der Waals surface area contributed by atoms with Gasteiger partial charge in [0.15, 0.2) is 0 Å². The largest absolute Gasteiger partial charge is 0.349 e. The highest BCUT2D eigenvalue weighted by atomic mass is 16.6. The van der Waals surface area contributed by atoms with Crippen LogP contribution < -0.4 is 9.80 Å². The molecule has 0 heterocycles. The van der Waals surface area contributed by atoms with Gasteiger partial charge in [0.1, 0.15) is 0 Å². The number of nitro benzene ring substituents is 2. The molecule has 0 saturated carbocycles. The van der Waals surface area contributed by atoms with E-state index in [0.29, 0.717) is 19.8 Å². The van der Waals surface area contributed by atoms with Crippen molar-refractivity contribution in [1.29, 1.82) is 0 Å². The molecule has 0 aromatic heterocycles. The third-order valence-corrected chi connectivity index (χ3v) is 7.29. The van der Waals surface area contributed by atoms with Crippen molar-refractivity contribution in [3.05, 3.63) is 138 Å². The highest BCUT2D eigenvalue weighted by Crippen LogP contribution is 2.33.